The fourth-order valence-corrected chi connectivity index (χ4v) is 2.41. The van der Waals surface area contributed by atoms with Crippen molar-refractivity contribution in [3.8, 4) is 0 Å². The van der Waals surface area contributed by atoms with Gasteiger partial charge in [-0.1, -0.05) is 43.7 Å². The molecule has 23 heavy (non-hydrogen) atoms. The Kier molecular flexibility index (Phi) is 10.1. The van der Waals surface area contributed by atoms with Crippen molar-refractivity contribution in [3.63, 3.8) is 0 Å². The summed E-state index contributed by atoms with van der Waals surface area (Å²) >= 11 is 0. The molecule has 1 unspecified atom stereocenters. The largest absolute Gasteiger partial charge is 0.389 e. The van der Waals surface area contributed by atoms with E-state index in [0.29, 0.717) is 25.7 Å². The molecule has 0 aliphatic rings. The van der Waals surface area contributed by atoms with Crippen LogP contribution in [-0.2, 0) is 16.0 Å². The standard InChI is InChI=1S/C19H33NO3/c1-16(2)14-23-15-19(21)13-20(10-5-11-22-4)12-18-8-6-17(3)7-9-18/h6-9,16,19,21H,5,10-15H2,1-4H3. The van der Waals surface area contributed by atoms with Crippen LogP contribution in [-0.4, -0.2) is 56.1 Å². The normalized spacial score (nSPS) is 13.0. The lowest BCUT2D eigenvalue weighted by molar-refractivity contribution is 0.00581. The number of aliphatic hydroxyl groups excluding tert-OH is 1. The fourth-order valence-electron chi connectivity index (χ4n) is 2.41. The second-order valence-electron chi connectivity index (χ2n) is 6.65. The number of aryl methyl sites for hydroxylation is 1. The van der Waals surface area contributed by atoms with Crippen LogP contribution in [0.5, 0.6) is 0 Å². The van der Waals surface area contributed by atoms with E-state index in [1.54, 1.807) is 7.11 Å². The first-order valence-electron chi connectivity index (χ1n) is 8.54. The first-order chi connectivity index (χ1) is 11.0. The van der Waals surface area contributed by atoms with Gasteiger partial charge in [-0.3, -0.25) is 4.90 Å². The topological polar surface area (TPSA) is 41.9 Å². The number of rotatable bonds is 12. The summed E-state index contributed by atoms with van der Waals surface area (Å²) in [6, 6.07) is 8.57. The molecule has 0 saturated carbocycles. The third-order valence-corrected chi connectivity index (χ3v) is 3.58. The van der Waals surface area contributed by atoms with Gasteiger partial charge in [0.25, 0.3) is 0 Å². The first kappa shape index (κ1) is 20.1. The second-order valence-corrected chi connectivity index (χ2v) is 6.65. The van der Waals surface area contributed by atoms with Gasteiger partial charge in [-0.05, 0) is 24.8 Å². The second kappa shape index (κ2) is 11.6. The maximum Gasteiger partial charge on any atom is 0.0900 e. The SMILES string of the molecule is COCCCN(Cc1ccc(C)cc1)CC(O)COCC(C)C. The fraction of sp³-hybridized carbons (Fsp3) is 0.684. The number of benzene rings is 1. The van der Waals surface area contributed by atoms with Crippen LogP contribution in [0.4, 0.5) is 0 Å². The molecular weight excluding hydrogens is 290 g/mol. The minimum atomic E-state index is -0.457. The highest BCUT2D eigenvalue weighted by Crippen LogP contribution is 2.09. The average Bonchev–Trinajstić information content (AvgIpc) is 2.49. The minimum absolute atomic E-state index is 0.396. The van der Waals surface area contributed by atoms with Gasteiger partial charge in [0.15, 0.2) is 0 Å². The summed E-state index contributed by atoms with van der Waals surface area (Å²) in [7, 11) is 1.72. The highest BCUT2D eigenvalue weighted by atomic mass is 16.5. The molecule has 0 spiro atoms. The van der Waals surface area contributed by atoms with Gasteiger partial charge in [0, 0.05) is 40.0 Å². The molecular formula is C19H33NO3. The van der Waals surface area contributed by atoms with Crippen LogP contribution >= 0.6 is 0 Å². The average molecular weight is 323 g/mol. The number of hydrogen-bond acceptors (Lipinski definition) is 4. The molecule has 0 fully saturated rings. The van der Waals surface area contributed by atoms with Crippen molar-refractivity contribution in [1.29, 1.82) is 0 Å². The molecule has 0 amide bonds. The van der Waals surface area contributed by atoms with Crippen molar-refractivity contribution in [3.05, 3.63) is 35.4 Å². The van der Waals surface area contributed by atoms with Crippen molar-refractivity contribution < 1.29 is 14.6 Å². The maximum absolute atomic E-state index is 10.2. The Labute approximate surface area is 141 Å². The zero-order chi connectivity index (χ0) is 17.1. The highest BCUT2D eigenvalue weighted by molar-refractivity contribution is 5.21. The van der Waals surface area contributed by atoms with E-state index < -0.39 is 6.10 Å². The Balaban J connectivity index is 2.48. The number of methoxy groups -OCH3 is 1. The van der Waals surface area contributed by atoms with Gasteiger partial charge >= 0.3 is 0 Å². The quantitative estimate of drug-likeness (QED) is 0.601. The van der Waals surface area contributed by atoms with E-state index >= 15 is 0 Å². The van der Waals surface area contributed by atoms with Crippen LogP contribution in [0.2, 0.25) is 0 Å². The zero-order valence-corrected chi connectivity index (χ0v) is 15.1. The molecule has 0 aromatic heterocycles. The molecule has 0 radical (unpaired) electrons. The van der Waals surface area contributed by atoms with Crippen LogP contribution in [0.3, 0.4) is 0 Å². The van der Waals surface area contributed by atoms with E-state index in [1.807, 2.05) is 0 Å². The molecule has 1 rings (SSSR count). The number of aliphatic hydroxyl groups is 1. The summed E-state index contributed by atoms with van der Waals surface area (Å²) in [6.45, 7) is 10.5. The summed E-state index contributed by atoms with van der Waals surface area (Å²) in [5.41, 5.74) is 2.53. The number of nitrogens with zero attached hydrogens (tertiary/aromatic N) is 1. The maximum atomic E-state index is 10.2. The first-order valence-corrected chi connectivity index (χ1v) is 8.54. The highest BCUT2D eigenvalue weighted by Gasteiger charge is 2.13. The summed E-state index contributed by atoms with van der Waals surface area (Å²) in [6.07, 6.45) is 0.504. The Hall–Kier alpha value is -0.940. The third kappa shape index (κ3) is 9.72. The van der Waals surface area contributed by atoms with Crippen molar-refractivity contribution >= 4 is 0 Å². The summed E-state index contributed by atoms with van der Waals surface area (Å²) in [5, 5.41) is 10.2. The van der Waals surface area contributed by atoms with E-state index in [2.05, 4.69) is 49.9 Å². The van der Waals surface area contributed by atoms with Gasteiger partial charge < -0.3 is 14.6 Å². The zero-order valence-electron chi connectivity index (χ0n) is 15.1. The van der Waals surface area contributed by atoms with E-state index in [4.69, 9.17) is 9.47 Å². The lowest BCUT2D eigenvalue weighted by atomic mass is 10.1. The molecule has 4 heteroatoms. The molecule has 0 heterocycles. The van der Waals surface area contributed by atoms with Gasteiger partial charge in [-0.15, -0.1) is 0 Å². The Bertz CT molecular complexity index is 406. The van der Waals surface area contributed by atoms with Gasteiger partial charge in [-0.25, -0.2) is 0 Å². The van der Waals surface area contributed by atoms with Gasteiger partial charge in [0.05, 0.1) is 12.7 Å². The van der Waals surface area contributed by atoms with Gasteiger partial charge in [0.1, 0.15) is 0 Å². The summed E-state index contributed by atoms with van der Waals surface area (Å²) < 4.78 is 10.7. The minimum Gasteiger partial charge on any atom is -0.389 e. The van der Waals surface area contributed by atoms with Gasteiger partial charge in [0.2, 0.25) is 0 Å². The number of hydrogen-bond donors (Lipinski definition) is 1. The molecule has 0 aliphatic heterocycles. The smallest absolute Gasteiger partial charge is 0.0900 e. The van der Waals surface area contributed by atoms with Gasteiger partial charge in [-0.2, -0.15) is 0 Å². The van der Waals surface area contributed by atoms with Crippen LogP contribution in [0.1, 0.15) is 31.4 Å². The molecule has 1 N–H and O–H groups in total. The van der Waals surface area contributed by atoms with E-state index in [1.165, 1.54) is 11.1 Å². The van der Waals surface area contributed by atoms with Crippen molar-refractivity contribution in [1.82, 2.24) is 4.90 Å². The van der Waals surface area contributed by atoms with Crippen molar-refractivity contribution in [2.24, 2.45) is 5.92 Å². The van der Waals surface area contributed by atoms with Crippen LogP contribution < -0.4 is 0 Å². The third-order valence-electron chi connectivity index (χ3n) is 3.58. The molecule has 0 bridgehead atoms. The lowest BCUT2D eigenvalue weighted by Gasteiger charge is -2.25. The van der Waals surface area contributed by atoms with Crippen molar-refractivity contribution in [2.45, 2.75) is 39.8 Å². The monoisotopic (exact) mass is 323 g/mol. The molecule has 1 atom stereocenters. The van der Waals surface area contributed by atoms with Crippen LogP contribution in [0.25, 0.3) is 0 Å². The van der Waals surface area contributed by atoms with E-state index in [-0.39, 0.29) is 0 Å². The summed E-state index contributed by atoms with van der Waals surface area (Å²) in [4.78, 5) is 2.27. The number of ether oxygens (including phenoxy) is 2. The Morgan fingerprint density at radius 2 is 1.83 bits per heavy atom. The van der Waals surface area contributed by atoms with E-state index in [9.17, 15) is 5.11 Å². The predicted octanol–water partition coefficient (Wildman–Crippen LogP) is 2.87. The van der Waals surface area contributed by atoms with Crippen LogP contribution in [0.15, 0.2) is 24.3 Å². The molecule has 1 aromatic rings. The van der Waals surface area contributed by atoms with Crippen molar-refractivity contribution in [2.75, 3.05) is 40.0 Å². The van der Waals surface area contributed by atoms with E-state index in [0.717, 1.165) is 26.1 Å². The molecule has 4 nitrogen and oxygen atoms in total. The lowest BCUT2D eigenvalue weighted by Crippen LogP contribution is -2.35. The molecule has 0 aliphatic carbocycles. The molecule has 0 saturated heterocycles. The Morgan fingerprint density at radius 1 is 1.13 bits per heavy atom. The van der Waals surface area contributed by atoms with Crippen LogP contribution in [0, 0.1) is 12.8 Å². The predicted molar refractivity (Wildman–Crippen MR) is 94.6 cm³/mol. The molecule has 1 aromatic carbocycles. The summed E-state index contributed by atoms with van der Waals surface area (Å²) in [5.74, 6) is 0.493. The molecule has 132 valence electrons. The Morgan fingerprint density at radius 3 is 2.43 bits per heavy atom.